The topological polar surface area (TPSA) is 38.7 Å². The van der Waals surface area contributed by atoms with E-state index in [4.69, 9.17) is 15.0 Å². The van der Waals surface area contributed by atoms with Crippen molar-refractivity contribution in [2.45, 2.75) is 0 Å². The number of hydrogen-bond donors (Lipinski definition) is 0. The van der Waals surface area contributed by atoms with Crippen molar-refractivity contribution < 1.29 is 0 Å². The Morgan fingerprint density at radius 1 is 0.222 bits per heavy atom. The van der Waals surface area contributed by atoms with Gasteiger partial charge in [0.2, 0.25) is 0 Å². The van der Waals surface area contributed by atoms with E-state index in [2.05, 4.69) is 164 Å². The molecule has 3 heteroatoms. The van der Waals surface area contributed by atoms with E-state index >= 15 is 0 Å². The molecule has 0 saturated heterocycles. The molecule has 252 valence electrons. The van der Waals surface area contributed by atoms with Gasteiger partial charge in [0.05, 0.1) is 0 Å². The summed E-state index contributed by atoms with van der Waals surface area (Å²) in [6.07, 6.45) is 0. The number of benzene rings is 9. The summed E-state index contributed by atoms with van der Waals surface area (Å²) in [5, 5.41) is 7.27. The summed E-state index contributed by atoms with van der Waals surface area (Å²) >= 11 is 0. The Morgan fingerprint density at radius 2 is 0.556 bits per heavy atom. The van der Waals surface area contributed by atoms with Gasteiger partial charge in [-0.3, -0.25) is 0 Å². The van der Waals surface area contributed by atoms with E-state index in [1.54, 1.807) is 0 Å². The largest absolute Gasteiger partial charge is 0.208 e. The Bertz CT molecular complexity index is 2880. The predicted molar refractivity (Wildman–Crippen MR) is 225 cm³/mol. The van der Waals surface area contributed by atoms with Crippen LogP contribution in [-0.4, -0.2) is 15.0 Å². The molecule has 10 rings (SSSR count). The van der Waals surface area contributed by atoms with E-state index in [9.17, 15) is 0 Å². The van der Waals surface area contributed by atoms with Gasteiger partial charge in [0.1, 0.15) is 0 Å². The van der Waals surface area contributed by atoms with Crippen LogP contribution in [0.4, 0.5) is 0 Å². The number of fused-ring (bicyclic) bond motifs is 6. The van der Waals surface area contributed by atoms with Gasteiger partial charge in [-0.25, -0.2) is 15.0 Å². The van der Waals surface area contributed by atoms with E-state index in [1.807, 2.05) is 36.4 Å². The van der Waals surface area contributed by atoms with Gasteiger partial charge in [0.25, 0.3) is 0 Å². The summed E-state index contributed by atoms with van der Waals surface area (Å²) in [7, 11) is 0. The SMILES string of the molecule is c1ccc(-c2ccc(-c3ccc(-c4cc(-c5nc(-c6ccccc6)nc(-c6ccccc6)n5)cc5c6ccccc6c6ccccc6c45)cc3)cc2)cc1. The van der Waals surface area contributed by atoms with Crippen molar-refractivity contribution in [3.05, 3.63) is 200 Å². The first kappa shape index (κ1) is 31.5. The normalized spacial score (nSPS) is 11.3. The minimum atomic E-state index is 0.637. The Kier molecular flexibility index (Phi) is 7.81. The van der Waals surface area contributed by atoms with Gasteiger partial charge in [-0.1, -0.05) is 188 Å². The highest BCUT2D eigenvalue weighted by atomic mass is 15.0. The van der Waals surface area contributed by atoms with Crippen molar-refractivity contribution in [2.24, 2.45) is 0 Å². The fourth-order valence-corrected chi connectivity index (χ4v) is 7.66. The van der Waals surface area contributed by atoms with E-state index in [0.717, 1.165) is 27.8 Å². The lowest BCUT2D eigenvalue weighted by molar-refractivity contribution is 1.07. The third-order valence-electron chi connectivity index (χ3n) is 10.3. The summed E-state index contributed by atoms with van der Waals surface area (Å²) in [5.74, 6) is 1.93. The monoisotopic (exact) mass is 687 g/mol. The molecule has 0 radical (unpaired) electrons. The molecular formula is C51H33N3. The second kappa shape index (κ2) is 13.4. The van der Waals surface area contributed by atoms with Gasteiger partial charge >= 0.3 is 0 Å². The van der Waals surface area contributed by atoms with E-state index in [0.29, 0.717) is 17.5 Å². The quantitative estimate of drug-likeness (QED) is 0.163. The molecule has 0 spiro atoms. The molecule has 0 amide bonds. The van der Waals surface area contributed by atoms with Gasteiger partial charge in [0, 0.05) is 16.7 Å². The van der Waals surface area contributed by atoms with Crippen LogP contribution in [-0.2, 0) is 0 Å². The Hall–Kier alpha value is -7.23. The summed E-state index contributed by atoms with van der Waals surface area (Å²) < 4.78 is 0. The molecular weight excluding hydrogens is 655 g/mol. The van der Waals surface area contributed by atoms with Gasteiger partial charge in [-0.2, -0.15) is 0 Å². The molecule has 10 aromatic rings. The second-order valence-corrected chi connectivity index (χ2v) is 13.6. The zero-order valence-corrected chi connectivity index (χ0v) is 29.4. The molecule has 3 nitrogen and oxygen atoms in total. The molecule has 1 aromatic heterocycles. The van der Waals surface area contributed by atoms with Crippen LogP contribution < -0.4 is 0 Å². The van der Waals surface area contributed by atoms with Crippen molar-refractivity contribution in [1.29, 1.82) is 0 Å². The predicted octanol–water partition coefficient (Wildman–Crippen LogP) is 13.3. The third kappa shape index (κ3) is 5.69. The highest BCUT2D eigenvalue weighted by Gasteiger charge is 2.18. The van der Waals surface area contributed by atoms with Crippen LogP contribution >= 0.6 is 0 Å². The Morgan fingerprint density at radius 3 is 1.04 bits per heavy atom. The molecule has 54 heavy (non-hydrogen) atoms. The van der Waals surface area contributed by atoms with Crippen LogP contribution in [0.2, 0.25) is 0 Å². The zero-order chi connectivity index (χ0) is 35.8. The first-order valence-electron chi connectivity index (χ1n) is 18.3. The maximum Gasteiger partial charge on any atom is 0.164 e. The minimum absolute atomic E-state index is 0.637. The van der Waals surface area contributed by atoms with E-state index in [-0.39, 0.29) is 0 Å². The maximum atomic E-state index is 5.14. The molecule has 9 aromatic carbocycles. The molecule has 0 fully saturated rings. The van der Waals surface area contributed by atoms with Crippen LogP contribution in [0, 0.1) is 0 Å². The number of rotatable bonds is 6. The molecule has 1 heterocycles. The Balaban J connectivity index is 1.19. The molecule has 0 aliphatic heterocycles. The molecule has 0 N–H and O–H groups in total. The molecule has 0 aliphatic carbocycles. The number of nitrogens with zero attached hydrogens (tertiary/aromatic N) is 3. The average Bonchev–Trinajstić information content (AvgIpc) is 3.27. The molecule has 0 aliphatic rings. The van der Waals surface area contributed by atoms with E-state index < -0.39 is 0 Å². The van der Waals surface area contributed by atoms with Gasteiger partial charge < -0.3 is 0 Å². The fourth-order valence-electron chi connectivity index (χ4n) is 7.66. The number of hydrogen-bond acceptors (Lipinski definition) is 3. The smallest absolute Gasteiger partial charge is 0.164 e. The lowest BCUT2D eigenvalue weighted by atomic mass is 9.87. The van der Waals surface area contributed by atoms with Crippen molar-refractivity contribution in [3.63, 3.8) is 0 Å². The lowest BCUT2D eigenvalue weighted by Gasteiger charge is -2.17. The zero-order valence-electron chi connectivity index (χ0n) is 29.4. The standard InChI is InChI=1S/C51H33N3/c1-4-14-34(15-5-1)35-24-26-36(27-25-35)37-28-30-38(31-29-37)46-32-41(33-47-44-22-11-10-20-42(44)43-21-12-13-23-45(43)48(46)47)51-53-49(39-16-6-2-7-17-39)52-50(54-51)40-18-8-3-9-19-40/h1-33H. The average molecular weight is 688 g/mol. The first-order chi connectivity index (χ1) is 26.8. The van der Waals surface area contributed by atoms with Crippen LogP contribution in [0.15, 0.2) is 200 Å². The number of aromatic nitrogens is 3. The van der Waals surface area contributed by atoms with Gasteiger partial charge in [-0.15, -0.1) is 0 Å². The highest BCUT2D eigenvalue weighted by Crippen LogP contribution is 2.43. The Labute approximate surface area is 313 Å². The molecule has 0 unspecified atom stereocenters. The first-order valence-corrected chi connectivity index (χ1v) is 18.3. The molecule has 0 atom stereocenters. The maximum absolute atomic E-state index is 5.14. The molecule has 0 saturated carbocycles. The summed E-state index contributed by atoms with van der Waals surface area (Å²) in [6, 6.07) is 70.7. The van der Waals surface area contributed by atoms with Gasteiger partial charge in [0.15, 0.2) is 17.5 Å². The summed E-state index contributed by atoms with van der Waals surface area (Å²) in [5.41, 5.74) is 9.89. The second-order valence-electron chi connectivity index (χ2n) is 13.6. The van der Waals surface area contributed by atoms with Crippen molar-refractivity contribution in [3.8, 4) is 67.5 Å². The van der Waals surface area contributed by atoms with Gasteiger partial charge in [-0.05, 0) is 77.8 Å². The lowest BCUT2D eigenvalue weighted by Crippen LogP contribution is -2.00. The minimum Gasteiger partial charge on any atom is -0.208 e. The van der Waals surface area contributed by atoms with Crippen LogP contribution in [0.3, 0.4) is 0 Å². The van der Waals surface area contributed by atoms with Crippen LogP contribution in [0.25, 0.3) is 99.9 Å². The molecule has 0 bridgehead atoms. The van der Waals surface area contributed by atoms with Crippen LogP contribution in [0.1, 0.15) is 0 Å². The fraction of sp³-hybridized carbons (Fsp3) is 0. The summed E-state index contributed by atoms with van der Waals surface area (Å²) in [4.78, 5) is 15.3. The van der Waals surface area contributed by atoms with Crippen molar-refractivity contribution in [1.82, 2.24) is 15.0 Å². The highest BCUT2D eigenvalue weighted by molar-refractivity contribution is 6.29. The van der Waals surface area contributed by atoms with Crippen molar-refractivity contribution >= 4 is 32.3 Å². The summed E-state index contributed by atoms with van der Waals surface area (Å²) in [6.45, 7) is 0. The van der Waals surface area contributed by atoms with E-state index in [1.165, 1.54) is 54.6 Å². The van der Waals surface area contributed by atoms with Crippen LogP contribution in [0.5, 0.6) is 0 Å². The third-order valence-corrected chi connectivity index (χ3v) is 10.3. The van der Waals surface area contributed by atoms with Crippen molar-refractivity contribution in [2.75, 3.05) is 0 Å².